The number of H-pyrrole nitrogens is 1. The fourth-order valence-corrected chi connectivity index (χ4v) is 4.89. The van der Waals surface area contributed by atoms with Crippen LogP contribution in [-0.4, -0.2) is 28.0 Å². The number of para-hydroxylation sites is 2. The molecule has 3 heterocycles. The van der Waals surface area contributed by atoms with Crippen molar-refractivity contribution in [2.24, 2.45) is 0 Å². The predicted octanol–water partition coefficient (Wildman–Crippen LogP) is 2.74. The number of anilines is 1. The summed E-state index contributed by atoms with van der Waals surface area (Å²) in [5.74, 6) is 0.589. The zero-order valence-electron chi connectivity index (χ0n) is 16.9. The number of benzene rings is 2. The van der Waals surface area contributed by atoms with Gasteiger partial charge in [-0.25, -0.2) is 9.97 Å². The molecule has 7 heteroatoms. The van der Waals surface area contributed by atoms with Crippen molar-refractivity contribution in [3.05, 3.63) is 65.3 Å². The van der Waals surface area contributed by atoms with Crippen molar-refractivity contribution in [1.29, 1.82) is 5.26 Å². The van der Waals surface area contributed by atoms with Gasteiger partial charge in [0.2, 0.25) is 0 Å². The average Bonchev–Trinajstić information content (AvgIpc) is 3.43. The number of nitriles is 1. The lowest BCUT2D eigenvalue weighted by Crippen LogP contribution is -3.00. The van der Waals surface area contributed by atoms with Gasteiger partial charge in [-0.15, -0.1) is 0 Å². The van der Waals surface area contributed by atoms with Crippen LogP contribution in [0.1, 0.15) is 30.0 Å². The van der Waals surface area contributed by atoms with Crippen molar-refractivity contribution >= 4 is 39.2 Å². The highest BCUT2D eigenvalue weighted by molar-refractivity contribution is 7.17. The van der Waals surface area contributed by atoms with Crippen LogP contribution in [0.25, 0.3) is 33.9 Å². The minimum atomic E-state index is 0. The molecule has 1 aliphatic rings. The first kappa shape index (κ1) is 21.3. The molecule has 5 nitrogen and oxygen atoms in total. The summed E-state index contributed by atoms with van der Waals surface area (Å²) in [5, 5.41) is 10.9. The van der Waals surface area contributed by atoms with E-state index in [1.54, 1.807) is 11.3 Å². The molecule has 4 aromatic rings. The van der Waals surface area contributed by atoms with Crippen molar-refractivity contribution in [3.63, 3.8) is 0 Å². The third kappa shape index (κ3) is 4.41. The summed E-state index contributed by atoms with van der Waals surface area (Å²) in [6, 6.07) is 20.3. The minimum Gasteiger partial charge on any atom is -1.00 e. The van der Waals surface area contributed by atoms with E-state index < -0.39 is 0 Å². The molecule has 156 valence electrons. The van der Waals surface area contributed by atoms with Crippen LogP contribution in [0.4, 0.5) is 5.13 Å². The van der Waals surface area contributed by atoms with Gasteiger partial charge in [0.25, 0.3) is 0 Å². The summed E-state index contributed by atoms with van der Waals surface area (Å²) in [4.78, 5) is 16.2. The van der Waals surface area contributed by atoms with Crippen LogP contribution in [0.5, 0.6) is 0 Å². The summed E-state index contributed by atoms with van der Waals surface area (Å²) in [6.07, 6.45) is 5.61. The molecule has 2 aromatic carbocycles. The zero-order chi connectivity index (χ0) is 20.3. The van der Waals surface area contributed by atoms with Gasteiger partial charge in [-0.3, -0.25) is 0 Å². The average molecular weight is 491 g/mol. The first-order valence-electron chi connectivity index (χ1n) is 10.2. The number of piperidine rings is 1. The van der Waals surface area contributed by atoms with E-state index in [-0.39, 0.29) is 17.0 Å². The maximum Gasteiger partial charge on any atom is 0.186 e. The SMILES string of the molecule is N#C/C(=C\c1sc(N2CCCCC2)nc1-c1ccccc1)c1nc2ccccc2[nH]1.[Br-]. The number of allylic oxidation sites excluding steroid dienone is 1. The molecule has 1 N–H and O–H groups in total. The van der Waals surface area contributed by atoms with Crippen molar-refractivity contribution in [2.75, 3.05) is 18.0 Å². The number of nitrogens with one attached hydrogen (secondary N) is 1. The van der Waals surface area contributed by atoms with Gasteiger partial charge in [0.15, 0.2) is 5.13 Å². The molecule has 0 radical (unpaired) electrons. The zero-order valence-corrected chi connectivity index (χ0v) is 19.3. The van der Waals surface area contributed by atoms with E-state index >= 15 is 0 Å². The molecule has 31 heavy (non-hydrogen) atoms. The minimum absolute atomic E-state index is 0. The highest BCUT2D eigenvalue weighted by Gasteiger charge is 2.19. The maximum absolute atomic E-state index is 9.88. The van der Waals surface area contributed by atoms with Crippen molar-refractivity contribution < 1.29 is 17.0 Å². The molecule has 0 bridgehead atoms. The second-order valence-electron chi connectivity index (χ2n) is 7.40. The van der Waals surface area contributed by atoms with Gasteiger partial charge < -0.3 is 26.9 Å². The maximum atomic E-state index is 9.88. The van der Waals surface area contributed by atoms with Gasteiger partial charge in [0.05, 0.1) is 27.2 Å². The number of thiazole rings is 1. The smallest absolute Gasteiger partial charge is 0.186 e. The van der Waals surface area contributed by atoms with E-state index in [0.717, 1.165) is 45.4 Å². The summed E-state index contributed by atoms with van der Waals surface area (Å²) < 4.78 is 0. The third-order valence-corrected chi connectivity index (χ3v) is 6.42. The van der Waals surface area contributed by atoms with Crippen molar-refractivity contribution in [3.8, 4) is 17.3 Å². The molecule has 0 amide bonds. The molecule has 1 fully saturated rings. The molecule has 1 saturated heterocycles. The van der Waals surface area contributed by atoms with E-state index in [1.165, 1.54) is 19.3 Å². The Kier molecular flexibility index (Phi) is 6.50. The number of halogens is 1. The second-order valence-corrected chi connectivity index (χ2v) is 8.40. The van der Waals surface area contributed by atoms with Crippen LogP contribution in [-0.2, 0) is 0 Å². The number of rotatable bonds is 4. The van der Waals surface area contributed by atoms with Crippen LogP contribution in [0.15, 0.2) is 54.6 Å². The lowest BCUT2D eigenvalue weighted by Gasteiger charge is -2.25. The lowest BCUT2D eigenvalue weighted by atomic mass is 10.1. The van der Waals surface area contributed by atoms with Gasteiger partial charge in [-0.05, 0) is 37.5 Å². The Hall–Kier alpha value is -2.95. The number of nitrogens with zero attached hydrogens (tertiary/aromatic N) is 4. The molecule has 5 rings (SSSR count). The molecule has 1 aliphatic heterocycles. The van der Waals surface area contributed by atoms with E-state index in [4.69, 9.17) is 4.98 Å². The standard InChI is InChI=1S/C24H21N5S.BrH/c25-16-18(23-26-19-11-5-6-12-20(19)27-23)15-21-22(17-9-3-1-4-10-17)28-24(30-21)29-13-7-2-8-14-29;/h1,3-6,9-12,15H,2,7-8,13-14H2,(H,26,27);1H/p-1/b18-15+;. The van der Waals surface area contributed by atoms with Crippen LogP contribution >= 0.6 is 11.3 Å². The lowest BCUT2D eigenvalue weighted by molar-refractivity contribution is -0.00000618. The molecule has 0 saturated carbocycles. The van der Waals surface area contributed by atoms with E-state index in [0.29, 0.717) is 11.4 Å². The van der Waals surface area contributed by atoms with Crippen LogP contribution < -0.4 is 21.9 Å². The fraction of sp³-hybridized carbons (Fsp3) is 0.208. The van der Waals surface area contributed by atoms with E-state index in [9.17, 15) is 5.26 Å². The Morgan fingerprint density at radius 3 is 2.48 bits per heavy atom. The van der Waals surface area contributed by atoms with Crippen LogP contribution in [0.2, 0.25) is 0 Å². The van der Waals surface area contributed by atoms with E-state index in [2.05, 4.69) is 33.1 Å². The fourth-order valence-electron chi connectivity index (χ4n) is 3.81. The molecule has 2 aromatic heterocycles. The van der Waals surface area contributed by atoms with Gasteiger partial charge in [-0.2, -0.15) is 5.26 Å². The van der Waals surface area contributed by atoms with Gasteiger partial charge in [0, 0.05) is 18.7 Å². The number of hydrogen-bond donors (Lipinski definition) is 1. The highest BCUT2D eigenvalue weighted by Crippen LogP contribution is 2.36. The first-order valence-corrected chi connectivity index (χ1v) is 11.0. The Morgan fingerprint density at radius 1 is 1.00 bits per heavy atom. The molecule has 0 spiro atoms. The predicted molar refractivity (Wildman–Crippen MR) is 123 cm³/mol. The summed E-state index contributed by atoms with van der Waals surface area (Å²) >= 11 is 1.65. The van der Waals surface area contributed by atoms with Gasteiger partial charge in [-0.1, -0.05) is 53.8 Å². The Balaban J connectivity index is 0.00000231. The number of fused-ring (bicyclic) bond motifs is 1. The summed E-state index contributed by atoms with van der Waals surface area (Å²) in [7, 11) is 0. The number of hydrogen-bond acceptors (Lipinski definition) is 5. The summed E-state index contributed by atoms with van der Waals surface area (Å²) in [6.45, 7) is 2.08. The normalized spacial score (nSPS) is 14.3. The first-order chi connectivity index (χ1) is 14.8. The number of imidazole rings is 1. The van der Waals surface area contributed by atoms with Gasteiger partial charge >= 0.3 is 0 Å². The topological polar surface area (TPSA) is 68.6 Å². The van der Waals surface area contributed by atoms with Crippen LogP contribution in [0, 0.1) is 11.3 Å². The number of aromatic nitrogens is 3. The molecule has 0 unspecified atom stereocenters. The quantitative estimate of drug-likeness (QED) is 0.446. The Morgan fingerprint density at radius 2 is 1.74 bits per heavy atom. The second kappa shape index (κ2) is 9.46. The number of aromatic amines is 1. The Labute approximate surface area is 195 Å². The molecular weight excluding hydrogens is 470 g/mol. The van der Waals surface area contributed by atoms with E-state index in [1.807, 2.05) is 48.5 Å². The largest absolute Gasteiger partial charge is 1.00 e. The third-order valence-electron chi connectivity index (χ3n) is 5.36. The molecule has 0 atom stereocenters. The van der Waals surface area contributed by atoms with Crippen molar-refractivity contribution in [1.82, 2.24) is 15.0 Å². The molecule has 0 aliphatic carbocycles. The molecular formula is C24H21BrN5S-. The van der Waals surface area contributed by atoms with Crippen LogP contribution in [0.3, 0.4) is 0 Å². The Bertz CT molecular complexity index is 1210. The van der Waals surface area contributed by atoms with Crippen molar-refractivity contribution in [2.45, 2.75) is 19.3 Å². The summed E-state index contributed by atoms with van der Waals surface area (Å²) in [5.41, 5.74) is 4.28. The highest BCUT2D eigenvalue weighted by atomic mass is 79.9. The monoisotopic (exact) mass is 490 g/mol. The van der Waals surface area contributed by atoms with Gasteiger partial charge in [0.1, 0.15) is 11.9 Å².